The molecule has 0 aliphatic rings. The molecule has 0 aliphatic heterocycles. The Morgan fingerprint density at radius 3 is 2.48 bits per heavy atom. The van der Waals surface area contributed by atoms with Gasteiger partial charge >= 0.3 is 5.97 Å². The number of carboxylic acids is 1. The molecule has 0 aliphatic carbocycles. The Labute approximate surface area is 199 Å². The van der Waals surface area contributed by atoms with Gasteiger partial charge in [-0.25, -0.2) is 0 Å². The van der Waals surface area contributed by atoms with E-state index in [1.54, 1.807) is 12.4 Å². The molecule has 2 N–H and O–H groups in total. The molecule has 3 rings (SSSR count). The van der Waals surface area contributed by atoms with E-state index in [1.807, 2.05) is 60.7 Å². The van der Waals surface area contributed by atoms with Gasteiger partial charge in [-0.1, -0.05) is 48.0 Å². The third-order valence-corrected chi connectivity index (χ3v) is 5.43. The number of pyridine rings is 1. The monoisotopic (exact) mass is 462 g/mol. The van der Waals surface area contributed by atoms with Gasteiger partial charge in [-0.05, 0) is 72.7 Å². The number of hydrogen-bond donors (Lipinski definition) is 2. The van der Waals surface area contributed by atoms with E-state index in [2.05, 4.69) is 16.4 Å². The highest BCUT2D eigenvalue weighted by atomic mass is 35.5. The van der Waals surface area contributed by atoms with Crippen molar-refractivity contribution >= 4 is 34.7 Å². The van der Waals surface area contributed by atoms with Gasteiger partial charge in [-0.2, -0.15) is 0 Å². The van der Waals surface area contributed by atoms with Crippen LogP contribution in [0.5, 0.6) is 0 Å². The fourth-order valence-corrected chi connectivity index (χ4v) is 3.61. The molecule has 1 heterocycles. The number of aryl methyl sites for hydroxylation is 1. The smallest absolute Gasteiger partial charge is 0.303 e. The quantitative estimate of drug-likeness (QED) is 0.324. The lowest BCUT2D eigenvalue weighted by Crippen LogP contribution is -2.12. The highest BCUT2D eigenvalue weighted by molar-refractivity contribution is 6.30. The van der Waals surface area contributed by atoms with Crippen molar-refractivity contribution in [2.24, 2.45) is 0 Å². The minimum Gasteiger partial charge on any atom is -0.481 e. The number of nitrogens with one attached hydrogen (secondary N) is 1. The molecule has 5 nitrogen and oxygen atoms in total. The molecule has 0 bridgehead atoms. The van der Waals surface area contributed by atoms with Crippen molar-refractivity contribution < 1.29 is 14.7 Å². The van der Waals surface area contributed by atoms with E-state index in [0.717, 1.165) is 40.8 Å². The lowest BCUT2D eigenvalue weighted by Gasteiger charge is -2.11. The molecule has 170 valence electrons. The average Bonchev–Trinajstić information content (AvgIpc) is 2.81. The second-order valence-electron chi connectivity index (χ2n) is 7.75. The minimum absolute atomic E-state index is 0.0531. The number of carboxylic acid groups (broad SMARTS) is 1. The molecule has 0 radical (unpaired) electrons. The largest absolute Gasteiger partial charge is 0.481 e. The molecule has 0 saturated carbocycles. The normalized spacial score (nSPS) is 11.2. The molecule has 0 atom stereocenters. The van der Waals surface area contributed by atoms with E-state index in [0.29, 0.717) is 24.3 Å². The highest BCUT2D eigenvalue weighted by Gasteiger charge is 2.09. The minimum atomic E-state index is -0.772. The van der Waals surface area contributed by atoms with E-state index in [4.69, 9.17) is 16.7 Å². The Hall–Kier alpha value is -3.44. The van der Waals surface area contributed by atoms with Gasteiger partial charge in [0.05, 0.1) is 0 Å². The number of aliphatic carboxylic acids is 1. The van der Waals surface area contributed by atoms with E-state index in [9.17, 15) is 9.59 Å². The molecule has 3 aromatic rings. The fraction of sp³-hybridized carbons (Fsp3) is 0.222. The van der Waals surface area contributed by atoms with Crippen LogP contribution in [0.25, 0.3) is 5.57 Å². The van der Waals surface area contributed by atoms with E-state index in [-0.39, 0.29) is 12.3 Å². The van der Waals surface area contributed by atoms with Crippen LogP contribution >= 0.6 is 11.6 Å². The van der Waals surface area contributed by atoms with E-state index >= 15 is 0 Å². The maximum Gasteiger partial charge on any atom is 0.303 e. The van der Waals surface area contributed by atoms with Crippen LogP contribution in [-0.4, -0.2) is 22.0 Å². The fourth-order valence-electron chi connectivity index (χ4n) is 3.49. The summed E-state index contributed by atoms with van der Waals surface area (Å²) in [6.45, 7) is 0. The van der Waals surface area contributed by atoms with E-state index in [1.165, 1.54) is 0 Å². The second kappa shape index (κ2) is 12.6. The Morgan fingerprint density at radius 2 is 1.76 bits per heavy atom. The van der Waals surface area contributed by atoms with Crippen molar-refractivity contribution in [2.75, 3.05) is 5.32 Å². The first-order valence-electron chi connectivity index (χ1n) is 11.0. The third kappa shape index (κ3) is 8.20. The van der Waals surface area contributed by atoms with Crippen LogP contribution in [0.4, 0.5) is 5.69 Å². The Morgan fingerprint density at radius 1 is 0.970 bits per heavy atom. The summed E-state index contributed by atoms with van der Waals surface area (Å²) in [6, 6.07) is 19.1. The predicted molar refractivity (Wildman–Crippen MR) is 132 cm³/mol. The van der Waals surface area contributed by atoms with Gasteiger partial charge in [0.2, 0.25) is 5.91 Å². The van der Waals surface area contributed by atoms with Gasteiger partial charge in [0.25, 0.3) is 0 Å². The molecule has 1 aromatic heterocycles. The zero-order valence-corrected chi connectivity index (χ0v) is 19.1. The molecule has 6 heteroatoms. The number of unbranched alkanes of at least 4 members (excludes halogenated alkanes) is 2. The van der Waals surface area contributed by atoms with Gasteiger partial charge in [0, 0.05) is 41.5 Å². The first-order valence-corrected chi connectivity index (χ1v) is 11.4. The maximum absolute atomic E-state index is 12.5. The number of rotatable bonds is 11. The van der Waals surface area contributed by atoms with Crippen LogP contribution in [0.1, 0.15) is 48.8 Å². The summed E-state index contributed by atoms with van der Waals surface area (Å²) < 4.78 is 0. The van der Waals surface area contributed by atoms with Crippen LogP contribution in [0.3, 0.4) is 0 Å². The standard InChI is InChI=1S/C27H27ClN2O3/c28-23-14-11-20(12-15-23)13-16-26(31)30-24-8-4-6-21(18-24)25(22-7-5-17-29-19-22)9-2-1-3-10-27(32)33/h4-9,11-12,14-15,17-19H,1-3,10,13,16H2,(H,30,31)(H,32,33)/b25-9-. The first-order chi connectivity index (χ1) is 16.0. The van der Waals surface area contributed by atoms with Crippen LogP contribution in [-0.2, 0) is 16.0 Å². The lowest BCUT2D eigenvalue weighted by atomic mass is 9.97. The van der Waals surface area contributed by atoms with Gasteiger partial charge in [-0.3, -0.25) is 14.6 Å². The summed E-state index contributed by atoms with van der Waals surface area (Å²) in [6.07, 6.45) is 9.02. The van der Waals surface area contributed by atoms with Gasteiger partial charge in [0.15, 0.2) is 0 Å². The zero-order valence-electron chi connectivity index (χ0n) is 18.3. The summed E-state index contributed by atoms with van der Waals surface area (Å²) in [5.74, 6) is -0.825. The average molecular weight is 463 g/mol. The van der Waals surface area contributed by atoms with Crippen LogP contribution in [0.15, 0.2) is 79.1 Å². The molecule has 0 fully saturated rings. The number of carbonyl (C=O) groups excluding carboxylic acids is 1. The Bertz CT molecular complexity index is 1100. The number of nitrogens with zero attached hydrogens (tertiary/aromatic N) is 1. The molecule has 0 spiro atoms. The molecule has 0 saturated heterocycles. The number of carbonyl (C=O) groups is 2. The molecular formula is C27H27ClN2O3. The van der Waals surface area contributed by atoms with E-state index < -0.39 is 5.97 Å². The van der Waals surface area contributed by atoms with Crippen LogP contribution in [0, 0.1) is 0 Å². The summed E-state index contributed by atoms with van der Waals surface area (Å²) in [5.41, 5.74) is 4.75. The molecule has 0 unspecified atom stereocenters. The second-order valence-corrected chi connectivity index (χ2v) is 8.19. The molecular weight excluding hydrogens is 436 g/mol. The van der Waals surface area contributed by atoms with Gasteiger partial charge in [0.1, 0.15) is 0 Å². The maximum atomic E-state index is 12.5. The highest BCUT2D eigenvalue weighted by Crippen LogP contribution is 2.26. The van der Waals surface area contributed by atoms with Crippen LogP contribution in [0.2, 0.25) is 5.02 Å². The summed E-state index contributed by atoms with van der Waals surface area (Å²) in [7, 11) is 0. The summed E-state index contributed by atoms with van der Waals surface area (Å²) in [5, 5.41) is 12.5. The van der Waals surface area contributed by atoms with Gasteiger partial charge < -0.3 is 10.4 Å². The topological polar surface area (TPSA) is 79.3 Å². The predicted octanol–water partition coefficient (Wildman–Crippen LogP) is 6.38. The number of halogens is 1. The molecule has 33 heavy (non-hydrogen) atoms. The summed E-state index contributed by atoms with van der Waals surface area (Å²) in [4.78, 5) is 27.5. The first kappa shape index (κ1) is 24.2. The van der Waals surface area contributed by atoms with Gasteiger partial charge in [-0.15, -0.1) is 0 Å². The van der Waals surface area contributed by atoms with Crippen molar-refractivity contribution in [1.82, 2.24) is 4.98 Å². The summed E-state index contributed by atoms with van der Waals surface area (Å²) >= 11 is 5.91. The number of hydrogen-bond acceptors (Lipinski definition) is 3. The Balaban J connectivity index is 1.68. The molecule has 1 amide bonds. The zero-order chi connectivity index (χ0) is 23.5. The molecule has 2 aromatic carbocycles. The lowest BCUT2D eigenvalue weighted by molar-refractivity contribution is -0.137. The number of benzene rings is 2. The number of allylic oxidation sites excluding steroid dienone is 1. The number of anilines is 1. The van der Waals surface area contributed by atoms with Crippen molar-refractivity contribution in [1.29, 1.82) is 0 Å². The Kier molecular flexibility index (Phi) is 9.21. The van der Waals surface area contributed by atoms with Crippen molar-refractivity contribution in [3.63, 3.8) is 0 Å². The number of aromatic nitrogens is 1. The van der Waals surface area contributed by atoms with Crippen molar-refractivity contribution in [3.05, 3.63) is 101 Å². The van der Waals surface area contributed by atoms with Crippen molar-refractivity contribution in [3.8, 4) is 0 Å². The number of amides is 1. The van der Waals surface area contributed by atoms with Crippen LogP contribution < -0.4 is 5.32 Å². The third-order valence-electron chi connectivity index (χ3n) is 5.18. The van der Waals surface area contributed by atoms with Crippen molar-refractivity contribution in [2.45, 2.75) is 38.5 Å². The SMILES string of the molecule is O=C(O)CCCC/C=C(\c1cccnc1)c1cccc(NC(=O)CCc2ccc(Cl)cc2)c1.